The van der Waals surface area contributed by atoms with Crippen LogP contribution in [0.5, 0.6) is 0 Å². The van der Waals surface area contributed by atoms with Crippen molar-refractivity contribution < 1.29 is 8.85 Å². The maximum absolute atomic E-state index is 6.69. The lowest BCUT2D eigenvalue weighted by atomic mass is 9.64. The van der Waals surface area contributed by atoms with Crippen LogP contribution in [0, 0.1) is 23.7 Å². The Hall–Kier alpha value is 0.137. The Morgan fingerprint density at radius 2 is 1.13 bits per heavy atom. The minimum atomic E-state index is -2.05. The Balaban J connectivity index is 1.56. The molecule has 0 aromatic carbocycles. The van der Waals surface area contributed by atoms with Gasteiger partial charge in [0, 0.05) is 24.3 Å². The van der Waals surface area contributed by atoms with Crippen molar-refractivity contribution in [2.75, 3.05) is 13.2 Å². The van der Waals surface area contributed by atoms with Crippen LogP contribution in [0.3, 0.4) is 0 Å². The zero-order valence-electron chi connectivity index (χ0n) is 15.3. The Labute approximate surface area is 144 Å². The fraction of sp³-hybridized carbons (Fsp3) is 1.00. The summed E-state index contributed by atoms with van der Waals surface area (Å²) in [6.45, 7) is 6.14. The third kappa shape index (κ3) is 2.66. The Kier molecular flexibility index (Phi) is 4.91. The average Bonchev–Trinajstić information content (AvgIpc) is 2.50. The van der Waals surface area contributed by atoms with Gasteiger partial charge in [-0.25, -0.2) is 0 Å². The number of hydrogen-bond donors (Lipinski definition) is 0. The van der Waals surface area contributed by atoms with E-state index in [2.05, 4.69) is 13.8 Å². The van der Waals surface area contributed by atoms with Crippen LogP contribution in [-0.2, 0) is 8.85 Å². The first-order chi connectivity index (χ1) is 11.3. The molecule has 0 heterocycles. The first kappa shape index (κ1) is 16.6. The van der Waals surface area contributed by atoms with Gasteiger partial charge in [0.05, 0.1) is 0 Å². The first-order valence-electron chi connectivity index (χ1n) is 10.6. The van der Waals surface area contributed by atoms with E-state index in [0.29, 0.717) is 0 Å². The van der Waals surface area contributed by atoms with E-state index in [0.717, 1.165) is 48.0 Å². The van der Waals surface area contributed by atoms with Crippen LogP contribution >= 0.6 is 0 Å². The molecule has 4 aliphatic carbocycles. The van der Waals surface area contributed by atoms with E-state index in [1.54, 1.807) is 0 Å². The van der Waals surface area contributed by atoms with Crippen molar-refractivity contribution >= 4 is 8.56 Å². The largest absolute Gasteiger partial charge is 0.394 e. The zero-order chi connectivity index (χ0) is 15.9. The van der Waals surface area contributed by atoms with Crippen LogP contribution in [-0.4, -0.2) is 21.8 Å². The fourth-order valence-electron chi connectivity index (χ4n) is 6.85. The standard InChI is InChI=1S/C20H36O2Si/c1-3-21-23(22-4-2,19-13-15-9-5-7-11-17(15)19)20-14-16-10-6-8-12-18(16)20/h15-20H,3-14H2,1-2H3. The molecule has 3 heteroatoms. The van der Waals surface area contributed by atoms with Crippen molar-refractivity contribution in [3.05, 3.63) is 0 Å². The van der Waals surface area contributed by atoms with Gasteiger partial charge in [-0.3, -0.25) is 0 Å². The minimum absolute atomic E-state index is 0.820. The molecule has 0 aromatic rings. The van der Waals surface area contributed by atoms with Gasteiger partial charge >= 0.3 is 8.56 Å². The molecule has 0 saturated heterocycles. The molecule has 4 saturated carbocycles. The highest BCUT2D eigenvalue weighted by Crippen LogP contribution is 2.66. The van der Waals surface area contributed by atoms with E-state index in [1.165, 1.54) is 64.2 Å². The zero-order valence-corrected chi connectivity index (χ0v) is 16.3. The summed E-state index contributed by atoms with van der Waals surface area (Å²) in [7, 11) is -2.05. The lowest BCUT2D eigenvalue weighted by Crippen LogP contribution is -2.63. The van der Waals surface area contributed by atoms with E-state index in [1.807, 2.05) is 0 Å². The van der Waals surface area contributed by atoms with Crippen molar-refractivity contribution in [1.29, 1.82) is 0 Å². The lowest BCUT2D eigenvalue weighted by molar-refractivity contribution is 0.0213. The van der Waals surface area contributed by atoms with Crippen molar-refractivity contribution in [3.8, 4) is 0 Å². The van der Waals surface area contributed by atoms with Crippen LogP contribution in [0.15, 0.2) is 0 Å². The molecule has 4 rings (SSSR count). The predicted molar refractivity (Wildman–Crippen MR) is 96.6 cm³/mol. The van der Waals surface area contributed by atoms with Crippen LogP contribution < -0.4 is 0 Å². The highest BCUT2D eigenvalue weighted by Gasteiger charge is 2.65. The molecule has 132 valence electrons. The third-order valence-electron chi connectivity index (χ3n) is 7.86. The van der Waals surface area contributed by atoms with Gasteiger partial charge in [-0.2, -0.15) is 0 Å². The SMILES string of the molecule is CCO[Si](OCC)(C1CC2CCCCC21)C1CC2CCCCC21. The molecule has 6 unspecified atom stereocenters. The molecule has 0 aliphatic heterocycles. The molecule has 0 amide bonds. The lowest BCUT2D eigenvalue weighted by Gasteiger charge is -2.61. The molecular weight excluding hydrogens is 300 g/mol. The van der Waals surface area contributed by atoms with Gasteiger partial charge in [-0.15, -0.1) is 0 Å². The molecule has 0 radical (unpaired) electrons. The average molecular weight is 337 g/mol. The highest BCUT2D eigenvalue weighted by atomic mass is 28.4. The van der Waals surface area contributed by atoms with Gasteiger partial charge in [0.25, 0.3) is 0 Å². The topological polar surface area (TPSA) is 18.5 Å². The fourth-order valence-corrected chi connectivity index (χ4v) is 12.6. The summed E-state index contributed by atoms with van der Waals surface area (Å²) < 4.78 is 13.4. The number of fused-ring (bicyclic) bond motifs is 2. The maximum atomic E-state index is 6.69. The normalized spacial score (nSPS) is 43.0. The van der Waals surface area contributed by atoms with E-state index in [9.17, 15) is 0 Å². The molecule has 4 aliphatic rings. The molecule has 6 atom stereocenters. The summed E-state index contributed by atoms with van der Waals surface area (Å²) in [5, 5.41) is 0. The van der Waals surface area contributed by atoms with E-state index >= 15 is 0 Å². The quantitative estimate of drug-likeness (QED) is 0.582. The molecule has 0 spiro atoms. The van der Waals surface area contributed by atoms with Gasteiger partial charge in [0.2, 0.25) is 0 Å². The summed E-state index contributed by atoms with van der Waals surface area (Å²) in [6, 6.07) is 0. The van der Waals surface area contributed by atoms with Gasteiger partial charge in [0.15, 0.2) is 0 Å². The summed E-state index contributed by atoms with van der Waals surface area (Å²) in [6.07, 6.45) is 14.6. The molecule has 23 heavy (non-hydrogen) atoms. The predicted octanol–water partition coefficient (Wildman–Crippen LogP) is 5.66. The van der Waals surface area contributed by atoms with Gasteiger partial charge < -0.3 is 8.85 Å². The molecule has 0 aromatic heterocycles. The van der Waals surface area contributed by atoms with Crippen LogP contribution in [0.25, 0.3) is 0 Å². The van der Waals surface area contributed by atoms with Crippen LogP contribution in [0.1, 0.15) is 78.1 Å². The monoisotopic (exact) mass is 336 g/mol. The van der Waals surface area contributed by atoms with Gasteiger partial charge in [-0.05, 0) is 50.4 Å². The summed E-state index contributed by atoms with van der Waals surface area (Å²) in [5.74, 6) is 3.94. The van der Waals surface area contributed by atoms with E-state index < -0.39 is 8.56 Å². The van der Waals surface area contributed by atoms with Crippen molar-refractivity contribution in [3.63, 3.8) is 0 Å². The van der Waals surface area contributed by atoms with E-state index in [-0.39, 0.29) is 0 Å². The van der Waals surface area contributed by atoms with Crippen LogP contribution in [0.4, 0.5) is 0 Å². The van der Waals surface area contributed by atoms with Crippen molar-refractivity contribution in [2.45, 2.75) is 89.1 Å². The minimum Gasteiger partial charge on any atom is -0.394 e. The molecular formula is C20H36O2Si. The smallest absolute Gasteiger partial charge is 0.345 e. The number of hydrogen-bond acceptors (Lipinski definition) is 2. The van der Waals surface area contributed by atoms with Crippen molar-refractivity contribution in [2.24, 2.45) is 23.7 Å². The summed E-state index contributed by atoms with van der Waals surface area (Å²) >= 11 is 0. The second-order valence-corrected chi connectivity index (χ2v) is 12.2. The highest BCUT2D eigenvalue weighted by molar-refractivity contribution is 6.71. The van der Waals surface area contributed by atoms with Crippen LogP contribution in [0.2, 0.25) is 11.1 Å². The first-order valence-corrected chi connectivity index (χ1v) is 12.5. The van der Waals surface area contributed by atoms with Gasteiger partial charge in [0.1, 0.15) is 0 Å². The Morgan fingerprint density at radius 1 is 0.696 bits per heavy atom. The second kappa shape index (κ2) is 6.80. The Bertz CT molecular complexity index is 374. The van der Waals surface area contributed by atoms with E-state index in [4.69, 9.17) is 8.85 Å². The Morgan fingerprint density at radius 3 is 1.52 bits per heavy atom. The molecule has 2 nitrogen and oxygen atoms in total. The third-order valence-corrected chi connectivity index (χ3v) is 12.7. The van der Waals surface area contributed by atoms with Gasteiger partial charge in [-0.1, -0.05) is 51.4 Å². The molecule has 0 bridgehead atoms. The second-order valence-electron chi connectivity index (χ2n) is 8.69. The number of rotatable bonds is 6. The van der Waals surface area contributed by atoms with Crippen molar-refractivity contribution in [1.82, 2.24) is 0 Å². The summed E-state index contributed by atoms with van der Waals surface area (Å²) in [4.78, 5) is 0. The molecule has 4 fully saturated rings. The maximum Gasteiger partial charge on any atom is 0.345 e. The summed E-state index contributed by atoms with van der Waals surface area (Å²) in [5.41, 5.74) is 1.64. The molecule has 0 N–H and O–H groups in total.